The van der Waals surface area contributed by atoms with Crippen molar-refractivity contribution in [1.82, 2.24) is 19.5 Å². The van der Waals surface area contributed by atoms with Gasteiger partial charge >= 0.3 is 6.08 Å². The Labute approximate surface area is 159 Å². The van der Waals surface area contributed by atoms with E-state index in [1.54, 1.807) is 4.57 Å². The number of terminal acetylenes is 1. The van der Waals surface area contributed by atoms with E-state index >= 15 is 0 Å². The first-order valence-electron chi connectivity index (χ1n) is 8.72. The summed E-state index contributed by atoms with van der Waals surface area (Å²) < 4.78 is 27.8. The maximum Gasteiger partial charge on any atom is 0.312 e. The normalized spacial score (nSPS) is 26.4. The Kier molecular flexibility index (Phi) is 4.57. The van der Waals surface area contributed by atoms with Crippen molar-refractivity contribution in [2.24, 2.45) is 0 Å². The molecule has 7 nitrogen and oxygen atoms in total. The number of rotatable bonds is 3. The van der Waals surface area contributed by atoms with Crippen LogP contribution >= 0.6 is 0 Å². The van der Waals surface area contributed by atoms with E-state index in [1.807, 2.05) is 0 Å². The molecule has 0 aromatic carbocycles. The lowest BCUT2D eigenvalue weighted by Gasteiger charge is -2.40. The van der Waals surface area contributed by atoms with Crippen molar-refractivity contribution in [3.63, 3.8) is 0 Å². The molecule has 0 unspecified atom stereocenters. The van der Waals surface area contributed by atoms with Gasteiger partial charge in [-0.25, -0.2) is 4.98 Å². The monoisotopic (exact) mass is 390 g/mol. The minimum atomic E-state index is -2.11. The molecule has 2 aromatic rings. The first-order chi connectivity index (χ1) is 12.4. The topological polar surface area (TPSA) is 88.1 Å². The third kappa shape index (κ3) is 3.33. The number of nitrogen functional groups attached to an aromatic ring is 1. The zero-order valence-electron chi connectivity index (χ0n) is 16.3. The highest BCUT2D eigenvalue weighted by molar-refractivity contribution is 6.74. The second-order valence-electron chi connectivity index (χ2n) is 8.41. The summed E-state index contributed by atoms with van der Waals surface area (Å²) in [6.45, 7) is 14.8. The molecule has 3 heterocycles. The molecule has 0 bridgehead atoms. The second-order valence-corrected chi connectivity index (χ2v) is 13.2. The van der Waals surface area contributed by atoms with E-state index in [9.17, 15) is 4.39 Å². The molecule has 0 amide bonds. The number of anilines is 1. The summed E-state index contributed by atoms with van der Waals surface area (Å²) in [4.78, 5) is 11.5. The first-order valence-corrected chi connectivity index (χ1v) is 11.6. The van der Waals surface area contributed by atoms with Crippen molar-refractivity contribution in [3.05, 3.63) is 19.3 Å². The number of halogens is 1. The zero-order valence-corrected chi connectivity index (χ0v) is 17.3. The number of imidazole rings is 1. The Bertz CT molecular complexity index is 917. The lowest BCUT2D eigenvalue weighted by Crippen LogP contribution is -2.49. The Morgan fingerprint density at radius 3 is 2.74 bits per heavy atom. The smallest absolute Gasteiger partial charge is 0.312 e. The number of hydrogen-bond acceptors (Lipinski definition) is 6. The van der Waals surface area contributed by atoms with E-state index in [0.717, 1.165) is 0 Å². The summed E-state index contributed by atoms with van der Waals surface area (Å²) in [5.74, 6) is 2.60. The molecule has 145 valence electrons. The summed E-state index contributed by atoms with van der Waals surface area (Å²) in [5.41, 5.74) is 5.13. The summed E-state index contributed by atoms with van der Waals surface area (Å²) in [7, 11) is -2.11. The number of nitrogens with zero attached hydrogens (tertiary/aromatic N) is 4. The average molecular weight is 391 g/mol. The van der Waals surface area contributed by atoms with Crippen LogP contribution in [0.1, 0.15) is 33.4 Å². The van der Waals surface area contributed by atoms with Gasteiger partial charge in [0, 0.05) is 6.42 Å². The van der Waals surface area contributed by atoms with E-state index in [-0.39, 0.29) is 16.5 Å². The molecule has 0 aliphatic carbocycles. The largest absolute Gasteiger partial charge is 0.410 e. The van der Waals surface area contributed by atoms with E-state index in [0.29, 0.717) is 11.9 Å². The summed E-state index contributed by atoms with van der Waals surface area (Å²) in [5, 5.41) is 0.00705. The fraction of sp³-hybridized carbons (Fsp3) is 0.556. The number of hydrogen-bond donors (Lipinski definition) is 1. The predicted molar refractivity (Wildman–Crippen MR) is 103 cm³/mol. The Morgan fingerprint density at radius 2 is 2.15 bits per heavy atom. The fourth-order valence-corrected chi connectivity index (χ4v) is 4.19. The highest BCUT2D eigenvalue weighted by atomic mass is 28.4. The fourth-order valence-electron chi connectivity index (χ4n) is 2.83. The summed E-state index contributed by atoms with van der Waals surface area (Å²) in [6.07, 6.45) is 5.78. The van der Waals surface area contributed by atoms with Gasteiger partial charge in [0.25, 0.3) is 0 Å². The molecule has 3 rings (SSSR count). The maximum atomic E-state index is 13.6. The van der Waals surface area contributed by atoms with Crippen LogP contribution < -0.4 is 5.73 Å². The molecule has 1 radical (unpaired) electrons. The van der Waals surface area contributed by atoms with Crippen molar-refractivity contribution < 1.29 is 13.6 Å². The van der Waals surface area contributed by atoms with Crippen LogP contribution in [0.25, 0.3) is 11.2 Å². The number of aromatic nitrogens is 4. The van der Waals surface area contributed by atoms with Crippen molar-refractivity contribution in [2.45, 2.75) is 63.3 Å². The van der Waals surface area contributed by atoms with Gasteiger partial charge in [-0.1, -0.05) is 26.7 Å². The molecule has 3 atom stereocenters. The minimum Gasteiger partial charge on any atom is -0.410 e. The predicted octanol–water partition coefficient (Wildman–Crippen LogP) is 3.06. The minimum absolute atomic E-state index is 0.00705. The van der Waals surface area contributed by atoms with Gasteiger partial charge < -0.3 is 14.9 Å². The van der Waals surface area contributed by atoms with Crippen molar-refractivity contribution >= 4 is 25.3 Å². The van der Waals surface area contributed by atoms with Crippen LogP contribution in [0.15, 0.2) is 6.33 Å². The van der Waals surface area contributed by atoms with Gasteiger partial charge in [0.05, 0.1) is 12.4 Å². The maximum absolute atomic E-state index is 13.6. The van der Waals surface area contributed by atoms with Gasteiger partial charge in [0.2, 0.25) is 0 Å². The molecular weight excluding hydrogens is 365 g/mol. The van der Waals surface area contributed by atoms with Crippen LogP contribution in [-0.4, -0.2) is 39.5 Å². The third-order valence-corrected chi connectivity index (χ3v) is 9.99. The summed E-state index contributed by atoms with van der Waals surface area (Å²) in [6, 6.07) is 0. The van der Waals surface area contributed by atoms with Crippen molar-refractivity contribution in [3.8, 4) is 12.3 Å². The van der Waals surface area contributed by atoms with E-state index < -0.39 is 32.3 Å². The van der Waals surface area contributed by atoms with Gasteiger partial charge in [-0.2, -0.15) is 14.4 Å². The van der Waals surface area contributed by atoms with Gasteiger partial charge in [0.15, 0.2) is 30.9 Å². The molecule has 27 heavy (non-hydrogen) atoms. The molecule has 9 heteroatoms. The molecular formula is C18H25FN5O2Si. The Morgan fingerprint density at radius 1 is 1.48 bits per heavy atom. The number of fused-ring (bicyclic) bond motifs is 1. The van der Waals surface area contributed by atoms with Crippen LogP contribution in [0.3, 0.4) is 0 Å². The standard InChI is InChI=1S/C18H25FN5O2Si/c1-8-18(5)11(26-27(6,7)17(2,3)4)9-12(25-18)24-10-21-13-14(20)22-16(19)23-15(13)24/h1,10-12H,5,9H2,2-4,6-7H3,(H2,20,22,23)/t11-,12+,18+/m0/s1. The number of nitrogens with two attached hydrogens (primary N) is 1. The Balaban J connectivity index is 1.96. The first kappa shape index (κ1) is 19.7. The molecule has 0 spiro atoms. The van der Waals surface area contributed by atoms with Gasteiger partial charge in [-0.3, -0.25) is 4.57 Å². The van der Waals surface area contributed by atoms with Gasteiger partial charge in [-0.05, 0) is 25.1 Å². The zero-order chi connectivity index (χ0) is 20.2. The quantitative estimate of drug-likeness (QED) is 0.492. The molecule has 1 aliphatic heterocycles. The highest BCUT2D eigenvalue weighted by Crippen LogP contribution is 2.44. The van der Waals surface area contributed by atoms with Crippen LogP contribution in [0, 0.1) is 25.3 Å². The molecule has 2 aromatic heterocycles. The SMILES string of the molecule is C#C[C@@]1([CH2])O[C@@H](n2cnc3c(N)nc(F)nc32)C[C@@H]1O[Si](C)(C)C(C)(C)C. The van der Waals surface area contributed by atoms with Crippen molar-refractivity contribution in [2.75, 3.05) is 5.73 Å². The molecule has 1 aliphatic rings. The Hall–Kier alpha value is -2.02. The van der Waals surface area contributed by atoms with Gasteiger partial charge in [0.1, 0.15) is 6.23 Å². The van der Waals surface area contributed by atoms with E-state index in [1.165, 1.54) is 6.33 Å². The average Bonchev–Trinajstić information content (AvgIpc) is 3.08. The van der Waals surface area contributed by atoms with Crippen LogP contribution in [0.5, 0.6) is 0 Å². The van der Waals surface area contributed by atoms with Crippen LogP contribution in [0.4, 0.5) is 10.2 Å². The molecule has 1 fully saturated rings. The number of ether oxygens (including phenoxy) is 1. The second kappa shape index (κ2) is 6.26. The van der Waals surface area contributed by atoms with E-state index in [4.69, 9.17) is 21.3 Å². The lowest BCUT2D eigenvalue weighted by molar-refractivity contribution is -0.0327. The third-order valence-electron chi connectivity index (χ3n) is 5.50. The van der Waals surface area contributed by atoms with Crippen molar-refractivity contribution in [1.29, 1.82) is 0 Å². The molecule has 2 N–H and O–H groups in total. The van der Waals surface area contributed by atoms with Crippen LogP contribution in [0.2, 0.25) is 18.1 Å². The highest BCUT2D eigenvalue weighted by Gasteiger charge is 2.50. The van der Waals surface area contributed by atoms with Crippen LogP contribution in [-0.2, 0) is 9.16 Å². The molecule has 1 saturated heterocycles. The van der Waals surface area contributed by atoms with Gasteiger partial charge in [-0.15, -0.1) is 6.42 Å². The lowest BCUT2D eigenvalue weighted by atomic mass is 10.0. The molecule has 0 saturated carbocycles. The van der Waals surface area contributed by atoms with E-state index in [2.05, 4.69) is 61.7 Å². The summed E-state index contributed by atoms with van der Waals surface area (Å²) >= 11 is 0.